The van der Waals surface area contributed by atoms with Gasteiger partial charge in [0, 0.05) is 6.54 Å². The fourth-order valence-electron chi connectivity index (χ4n) is 1.64. The third-order valence-corrected chi connectivity index (χ3v) is 3.30. The zero-order chi connectivity index (χ0) is 15.1. The predicted molar refractivity (Wildman–Crippen MR) is 77.6 cm³/mol. The minimum absolute atomic E-state index is 0.0734. The molecule has 7 heteroatoms. The number of benzene rings is 1. The van der Waals surface area contributed by atoms with E-state index in [1.807, 2.05) is 0 Å². The highest BCUT2D eigenvalue weighted by molar-refractivity contribution is 6.43. The molecule has 0 bridgehead atoms. The molecular formula is C13H15Cl2NO4. The maximum atomic E-state index is 11.4. The van der Waals surface area contributed by atoms with E-state index in [9.17, 15) is 9.59 Å². The molecule has 0 amide bonds. The minimum Gasteiger partial charge on any atom is -0.480 e. The maximum Gasteiger partial charge on any atom is 0.323 e. The van der Waals surface area contributed by atoms with Gasteiger partial charge in [-0.1, -0.05) is 29.3 Å². The van der Waals surface area contributed by atoms with Crippen LogP contribution in [0.4, 0.5) is 5.69 Å². The summed E-state index contributed by atoms with van der Waals surface area (Å²) < 4.78 is 4.82. The summed E-state index contributed by atoms with van der Waals surface area (Å²) in [5.74, 6) is -1.41. The van der Waals surface area contributed by atoms with Gasteiger partial charge in [-0.2, -0.15) is 0 Å². The molecule has 0 saturated heterocycles. The maximum absolute atomic E-state index is 11.4. The second-order valence-electron chi connectivity index (χ2n) is 3.94. The number of halogens is 2. The summed E-state index contributed by atoms with van der Waals surface area (Å²) in [5, 5.41) is 9.53. The molecule has 0 unspecified atom stereocenters. The summed E-state index contributed by atoms with van der Waals surface area (Å²) in [6.45, 7) is 1.90. The summed E-state index contributed by atoms with van der Waals surface area (Å²) in [6, 6.07) is 4.93. The Morgan fingerprint density at radius 3 is 2.65 bits per heavy atom. The molecule has 0 aliphatic carbocycles. The van der Waals surface area contributed by atoms with Crippen molar-refractivity contribution in [1.29, 1.82) is 0 Å². The lowest BCUT2D eigenvalue weighted by molar-refractivity contribution is -0.143. The highest BCUT2D eigenvalue weighted by Crippen LogP contribution is 2.32. The van der Waals surface area contributed by atoms with E-state index in [0.29, 0.717) is 10.7 Å². The number of aliphatic carboxylic acids is 1. The number of nitrogens with zero attached hydrogens (tertiary/aromatic N) is 1. The Morgan fingerprint density at radius 1 is 1.35 bits per heavy atom. The Labute approximate surface area is 127 Å². The molecule has 0 radical (unpaired) electrons. The van der Waals surface area contributed by atoms with Crippen LogP contribution in [-0.2, 0) is 14.3 Å². The second kappa shape index (κ2) is 7.97. The first-order chi connectivity index (χ1) is 9.45. The van der Waals surface area contributed by atoms with Crippen molar-refractivity contribution in [3.63, 3.8) is 0 Å². The van der Waals surface area contributed by atoms with Gasteiger partial charge in [0.15, 0.2) is 0 Å². The zero-order valence-electron chi connectivity index (χ0n) is 10.9. The van der Waals surface area contributed by atoms with E-state index < -0.39 is 5.97 Å². The number of carbonyl (C=O) groups excluding carboxylic acids is 1. The highest BCUT2D eigenvalue weighted by Gasteiger charge is 2.17. The number of esters is 1. The van der Waals surface area contributed by atoms with Crippen LogP contribution in [0.15, 0.2) is 18.2 Å². The van der Waals surface area contributed by atoms with Crippen molar-refractivity contribution in [2.24, 2.45) is 0 Å². The van der Waals surface area contributed by atoms with Gasteiger partial charge in [-0.25, -0.2) is 0 Å². The standard InChI is InChI=1S/C13H15Cl2NO4/c1-2-20-12(19)6-7-16(8-11(17)18)10-5-3-4-9(14)13(10)15/h3-5H,2,6-8H2,1H3,(H,17,18). The molecule has 0 atom stereocenters. The molecule has 1 aromatic rings. The van der Waals surface area contributed by atoms with E-state index in [4.69, 9.17) is 33.0 Å². The van der Waals surface area contributed by atoms with Crippen LogP contribution in [0.2, 0.25) is 10.0 Å². The SMILES string of the molecule is CCOC(=O)CCN(CC(=O)O)c1cccc(Cl)c1Cl. The molecule has 1 aromatic carbocycles. The summed E-state index contributed by atoms with van der Waals surface area (Å²) in [5.41, 5.74) is 0.478. The fraction of sp³-hybridized carbons (Fsp3) is 0.385. The first-order valence-electron chi connectivity index (χ1n) is 6.02. The van der Waals surface area contributed by atoms with E-state index in [0.717, 1.165) is 0 Å². The van der Waals surface area contributed by atoms with Crippen molar-refractivity contribution in [1.82, 2.24) is 0 Å². The number of carbonyl (C=O) groups is 2. The summed E-state index contributed by atoms with van der Waals surface area (Å²) >= 11 is 12.0. The summed E-state index contributed by atoms with van der Waals surface area (Å²) in [4.78, 5) is 23.8. The summed E-state index contributed by atoms with van der Waals surface area (Å²) in [7, 11) is 0. The van der Waals surface area contributed by atoms with Crippen molar-refractivity contribution in [2.45, 2.75) is 13.3 Å². The average Bonchev–Trinajstić information content (AvgIpc) is 2.38. The molecule has 20 heavy (non-hydrogen) atoms. The Hall–Kier alpha value is -1.46. The Bertz CT molecular complexity index is 493. The molecule has 1 N–H and O–H groups in total. The number of hydrogen-bond acceptors (Lipinski definition) is 4. The van der Waals surface area contributed by atoms with E-state index in [1.54, 1.807) is 25.1 Å². The van der Waals surface area contributed by atoms with Gasteiger partial charge in [-0.05, 0) is 19.1 Å². The molecule has 0 fully saturated rings. The number of anilines is 1. The highest BCUT2D eigenvalue weighted by atomic mass is 35.5. The van der Waals surface area contributed by atoms with Gasteiger partial charge in [0.1, 0.15) is 6.54 Å². The number of ether oxygens (including phenoxy) is 1. The predicted octanol–water partition coefficient (Wildman–Crippen LogP) is 2.84. The second-order valence-corrected chi connectivity index (χ2v) is 4.73. The fourth-order valence-corrected chi connectivity index (χ4v) is 2.06. The van der Waals surface area contributed by atoms with E-state index in [1.165, 1.54) is 4.90 Å². The molecule has 0 heterocycles. The van der Waals surface area contributed by atoms with Gasteiger partial charge in [-0.15, -0.1) is 0 Å². The first kappa shape index (κ1) is 16.6. The van der Waals surface area contributed by atoms with Gasteiger partial charge >= 0.3 is 11.9 Å². The van der Waals surface area contributed by atoms with E-state index >= 15 is 0 Å². The molecule has 0 saturated carbocycles. The Balaban J connectivity index is 2.86. The lowest BCUT2D eigenvalue weighted by atomic mass is 10.2. The van der Waals surface area contributed by atoms with Crippen LogP contribution in [0.5, 0.6) is 0 Å². The average molecular weight is 320 g/mol. The molecule has 110 valence electrons. The summed E-state index contributed by atoms with van der Waals surface area (Å²) in [6.07, 6.45) is 0.0734. The monoisotopic (exact) mass is 319 g/mol. The molecule has 0 aliphatic heterocycles. The molecule has 0 aliphatic rings. The van der Waals surface area contributed by atoms with E-state index in [2.05, 4.69) is 0 Å². The third-order valence-electron chi connectivity index (χ3n) is 2.49. The van der Waals surface area contributed by atoms with Crippen LogP contribution in [0.3, 0.4) is 0 Å². The van der Waals surface area contributed by atoms with Crippen LogP contribution >= 0.6 is 23.2 Å². The molecule has 5 nitrogen and oxygen atoms in total. The topological polar surface area (TPSA) is 66.8 Å². The lowest BCUT2D eigenvalue weighted by Crippen LogP contribution is -2.32. The van der Waals surface area contributed by atoms with Crippen molar-refractivity contribution in [3.05, 3.63) is 28.2 Å². The molecule has 1 rings (SSSR count). The molecule has 0 aromatic heterocycles. The van der Waals surface area contributed by atoms with Crippen LogP contribution in [-0.4, -0.2) is 36.7 Å². The zero-order valence-corrected chi connectivity index (χ0v) is 12.4. The number of rotatable bonds is 7. The van der Waals surface area contributed by atoms with Gasteiger partial charge < -0.3 is 14.7 Å². The smallest absolute Gasteiger partial charge is 0.323 e. The Kier molecular flexibility index (Phi) is 6.61. The number of hydrogen-bond donors (Lipinski definition) is 1. The minimum atomic E-state index is -1.02. The van der Waals surface area contributed by atoms with Crippen LogP contribution in [0.1, 0.15) is 13.3 Å². The molecular weight excluding hydrogens is 305 g/mol. The normalized spacial score (nSPS) is 10.2. The van der Waals surface area contributed by atoms with Crippen molar-refractivity contribution in [2.75, 3.05) is 24.6 Å². The van der Waals surface area contributed by atoms with Crippen molar-refractivity contribution in [3.8, 4) is 0 Å². The van der Waals surface area contributed by atoms with Crippen molar-refractivity contribution >= 4 is 40.8 Å². The van der Waals surface area contributed by atoms with Gasteiger partial charge in [0.25, 0.3) is 0 Å². The largest absolute Gasteiger partial charge is 0.480 e. The van der Waals surface area contributed by atoms with Crippen LogP contribution in [0, 0.1) is 0 Å². The quantitative estimate of drug-likeness (QED) is 0.783. The third kappa shape index (κ3) is 4.90. The van der Waals surface area contributed by atoms with E-state index in [-0.39, 0.29) is 37.1 Å². The van der Waals surface area contributed by atoms with Crippen LogP contribution < -0.4 is 4.90 Å². The Morgan fingerprint density at radius 2 is 2.05 bits per heavy atom. The first-order valence-corrected chi connectivity index (χ1v) is 6.77. The number of carboxylic acids is 1. The van der Waals surface area contributed by atoms with Crippen molar-refractivity contribution < 1.29 is 19.4 Å². The lowest BCUT2D eigenvalue weighted by Gasteiger charge is -2.23. The van der Waals surface area contributed by atoms with Crippen LogP contribution in [0.25, 0.3) is 0 Å². The van der Waals surface area contributed by atoms with Gasteiger partial charge in [0.2, 0.25) is 0 Å². The molecule has 0 spiro atoms. The van der Waals surface area contributed by atoms with Gasteiger partial charge in [-0.3, -0.25) is 9.59 Å². The van der Waals surface area contributed by atoms with Gasteiger partial charge in [0.05, 0.1) is 28.8 Å². The number of carboxylic acid groups (broad SMARTS) is 1.